The van der Waals surface area contributed by atoms with E-state index in [9.17, 15) is 13.2 Å². The lowest BCUT2D eigenvalue weighted by molar-refractivity contribution is -0.116. The maximum Gasteiger partial charge on any atom is 0.232 e. The molecular formula is C18H23N3O3S. The lowest BCUT2D eigenvalue weighted by Gasteiger charge is -2.23. The molecule has 0 atom stereocenters. The van der Waals surface area contributed by atoms with E-state index < -0.39 is 10.0 Å². The van der Waals surface area contributed by atoms with E-state index in [0.717, 1.165) is 11.9 Å². The summed E-state index contributed by atoms with van der Waals surface area (Å²) < 4.78 is 25.5. The number of nitrogens with zero attached hydrogens (tertiary/aromatic N) is 2. The number of carbonyl (C=O) groups excluding carboxylic acids is 1. The third kappa shape index (κ3) is 5.49. The summed E-state index contributed by atoms with van der Waals surface area (Å²) in [6.07, 6.45) is 1.21. The molecule has 0 radical (unpaired) electrons. The second-order valence-corrected chi connectivity index (χ2v) is 7.82. The van der Waals surface area contributed by atoms with Crippen molar-refractivity contribution in [2.45, 2.75) is 6.42 Å². The zero-order valence-corrected chi connectivity index (χ0v) is 15.5. The largest absolute Gasteiger partial charge is 0.378 e. The molecule has 2 aromatic carbocycles. The molecule has 0 fully saturated rings. The number of rotatable bonds is 7. The van der Waals surface area contributed by atoms with E-state index in [-0.39, 0.29) is 18.9 Å². The third-order valence-corrected chi connectivity index (χ3v) is 4.85. The Labute approximate surface area is 149 Å². The fourth-order valence-electron chi connectivity index (χ4n) is 2.35. The van der Waals surface area contributed by atoms with Gasteiger partial charge in [0, 0.05) is 38.4 Å². The minimum Gasteiger partial charge on any atom is -0.378 e. The van der Waals surface area contributed by atoms with Crippen LogP contribution in [-0.4, -0.2) is 41.2 Å². The van der Waals surface area contributed by atoms with Crippen molar-refractivity contribution in [3.8, 4) is 0 Å². The Morgan fingerprint density at radius 3 is 2.04 bits per heavy atom. The van der Waals surface area contributed by atoms with Crippen LogP contribution in [0.1, 0.15) is 6.42 Å². The van der Waals surface area contributed by atoms with Crippen LogP contribution in [0.15, 0.2) is 54.6 Å². The summed E-state index contributed by atoms with van der Waals surface area (Å²) in [7, 11) is 0.348. The van der Waals surface area contributed by atoms with Gasteiger partial charge in [-0.15, -0.1) is 0 Å². The second-order valence-electron chi connectivity index (χ2n) is 5.91. The molecule has 0 spiro atoms. The third-order valence-electron chi connectivity index (χ3n) is 3.65. The predicted octanol–water partition coefficient (Wildman–Crippen LogP) is 2.55. The number of nitrogens with one attached hydrogen (secondary N) is 1. The van der Waals surface area contributed by atoms with Crippen LogP contribution in [-0.2, 0) is 14.8 Å². The lowest BCUT2D eigenvalue weighted by Crippen LogP contribution is -2.33. The molecule has 25 heavy (non-hydrogen) atoms. The van der Waals surface area contributed by atoms with Gasteiger partial charge < -0.3 is 10.2 Å². The van der Waals surface area contributed by atoms with Crippen molar-refractivity contribution in [1.82, 2.24) is 0 Å². The van der Waals surface area contributed by atoms with Crippen LogP contribution in [0.4, 0.5) is 17.1 Å². The average molecular weight is 361 g/mol. The summed E-state index contributed by atoms with van der Waals surface area (Å²) in [6.45, 7) is 0.0822. The molecule has 6 nitrogen and oxygen atoms in total. The maximum absolute atomic E-state index is 12.1. The van der Waals surface area contributed by atoms with Gasteiger partial charge in [-0.1, -0.05) is 18.2 Å². The summed E-state index contributed by atoms with van der Waals surface area (Å²) >= 11 is 0. The summed E-state index contributed by atoms with van der Waals surface area (Å²) in [5.41, 5.74) is 2.20. The first-order valence-corrected chi connectivity index (χ1v) is 9.72. The smallest absolute Gasteiger partial charge is 0.232 e. The van der Waals surface area contributed by atoms with Crippen molar-refractivity contribution in [3.05, 3.63) is 54.6 Å². The van der Waals surface area contributed by atoms with Crippen molar-refractivity contribution < 1.29 is 13.2 Å². The van der Waals surface area contributed by atoms with Crippen LogP contribution >= 0.6 is 0 Å². The van der Waals surface area contributed by atoms with E-state index in [1.807, 2.05) is 49.3 Å². The van der Waals surface area contributed by atoms with Crippen LogP contribution in [0.25, 0.3) is 0 Å². The summed E-state index contributed by atoms with van der Waals surface area (Å²) in [4.78, 5) is 14.0. The first-order chi connectivity index (χ1) is 11.8. The predicted molar refractivity (Wildman–Crippen MR) is 103 cm³/mol. The number of anilines is 3. The van der Waals surface area contributed by atoms with Gasteiger partial charge in [-0.25, -0.2) is 8.42 Å². The summed E-state index contributed by atoms with van der Waals surface area (Å²) in [5.74, 6) is -0.232. The molecular weight excluding hydrogens is 338 g/mol. The van der Waals surface area contributed by atoms with Crippen molar-refractivity contribution in [2.24, 2.45) is 0 Å². The van der Waals surface area contributed by atoms with Crippen molar-refractivity contribution in [2.75, 3.05) is 41.4 Å². The molecule has 1 amide bonds. The molecule has 0 bridgehead atoms. The van der Waals surface area contributed by atoms with Gasteiger partial charge in [-0.3, -0.25) is 9.10 Å². The standard InChI is InChI=1S/C18H23N3O3S/c1-20(2)16-9-11-17(12-10-16)21(25(3,23)24)14-13-18(22)19-15-7-5-4-6-8-15/h4-12H,13-14H2,1-3H3,(H,19,22). The number of hydrogen-bond acceptors (Lipinski definition) is 4. The van der Waals surface area contributed by atoms with Gasteiger partial charge in [0.25, 0.3) is 0 Å². The number of para-hydroxylation sites is 1. The highest BCUT2D eigenvalue weighted by molar-refractivity contribution is 7.92. The van der Waals surface area contributed by atoms with Gasteiger partial charge in [0.05, 0.1) is 11.9 Å². The molecule has 0 aliphatic rings. The molecule has 0 aliphatic carbocycles. The summed E-state index contributed by atoms with van der Waals surface area (Å²) in [5, 5.41) is 2.76. The summed E-state index contributed by atoms with van der Waals surface area (Å²) in [6, 6.07) is 16.2. The van der Waals surface area contributed by atoms with Gasteiger partial charge in [-0.05, 0) is 36.4 Å². The molecule has 134 valence electrons. The topological polar surface area (TPSA) is 69.7 Å². The number of benzene rings is 2. The molecule has 0 unspecified atom stereocenters. The molecule has 0 saturated heterocycles. The van der Waals surface area contributed by atoms with Gasteiger partial charge in [0.1, 0.15) is 0 Å². The van der Waals surface area contributed by atoms with Crippen molar-refractivity contribution in [1.29, 1.82) is 0 Å². The van der Waals surface area contributed by atoms with E-state index in [4.69, 9.17) is 0 Å². The Morgan fingerprint density at radius 2 is 1.52 bits per heavy atom. The molecule has 7 heteroatoms. The van der Waals surface area contributed by atoms with E-state index in [1.165, 1.54) is 4.31 Å². The Balaban J connectivity index is 2.07. The van der Waals surface area contributed by atoms with E-state index in [0.29, 0.717) is 11.4 Å². The number of amides is 1. The molecule has 0 saturated carbocycles. The molecule has 0 heterocycles. The first kappa shape index (κ1) is 18.8. The van der Waals surface area contributed by atoms with E-state index in [1.54, 1.807) is 24.3 Å². The number of sulfonamides is 1. The highest BCUT2D eigenvalue weighted by Gasteiger charge is 2.18. The normalized spacial score (nSPS) is 11.0. The Bertz CT molecular complexity index is 803. The molecule has 2 rings (SSSR count). The molecule has 0 aliphatic heterocycles. The van der Waals surface area contributed by atoms with Crippen LogP contribution < -0.4 is 14.5 Å². The van der Waals surface area contributed by atoms with Crippen molar-refractivity contribution >= 4 is 33.0 Å². The zero-order chi connectivity index (χ0) is 18.4. The van der Waals surface area contributed by atoms with Crippen LogP contribution in [0.2, 0.25) is 0 Å². The Morgan fingerprint density at radius 1 is 0.960 bits per heavy atom. The number of carbonyl (C=O) groups is 1. The molecule has 0 aromatic heterocycles. The fraction of sp³-hybridized carbons (Fsp3) is 0.278. The first-order valence-electron chi connectivity index (χ1n) is 7.87. The highest BCUT2D eigenvalue weighted by Crippen LogP contribution is 2.22. The fourth-order valence-corrected chi connectivity index (χ4v) is 3.28. The number of hydrogen-bond donors (Lipinski definition) is 1. The van der Waals surface area contributed by atoms with Gasteiger partial charge in [0.2, 0.25) is 15.9 Å². The zero-order valence-electron chi connectivity index (χ0n) is 14.6. The molecule has 2 aromatic rings. The van der Waals surface area contributed by atoms with Gasteiger partial charge in [-0.2, -0.15) is 0 Å². The Kier molecular flexibility index (Phi) is 6.03. The quantitative estimate of drug-likeness (QED) is 0.823. The Hall–Kier alpha value is -2.54. The maximum atomic E-state index is 12.1. The van der Waals surface area contributed by atoms with E-state index >= 15 is 0 Å². The van der Waals surface area contributed by atoms with E-state index in [2.05, 4.69) is 5.32 Å². The molecule has 1 N–H and O–H groups in total. The van der Waals surface area contributed by atoms with Crippen LogP contribution in [0, 0.1) is 0 Å². The lowest BCUT2D eigenvalue weighted by atomic mass is 10.2. The van der Waals surface area contributed by atoms with Crippen LogP contribution in [0.3, 0.4) is 0 Å². The highest BCUT2D eigenvalue weighted by atomic mass is 32.2. The van der Waals surface area contributed by atoms with Gasteiger partial charge in [0.15, 0.2) is 0 Å². The van der Waals surface area contributed by atoms with Crippen molar-refractivity contribution in [3.63, 3.8) is 0 Å². The monoisotopic (exact) mass is 361 g/mol. The minimum atomic E-state index is -3.48. The van der Waals surface area contributed by atoms with Gasteiger partial charge >= 0.3 is 0 Å². The minimum absolute atomic E-state index is 0.0669. The van der Waals surface area contributed by atoms with Crippen LogP contribution in [0.5, 0.6) is 0 Å². The second kappa shape index (κ2) is 8.02. The SMILES string of the molecule is CN(C)c1ccc(N(CCC(=O)Nc2ccccc2)S(C)(=O)=O)cc1. The average Bonchev–Trinajstić information content (AvgIpc) is 2.55.